The highest BCUT2D eigenvalue weighted by molar-refractivity contribution is 6.09. The molecule has 0 radical (unpaired) electrons. The van der Waals surface area contributed by atoms with Gasteiger partial charge in [-0.25, -0.2) is 9.41 Å². The molecular weight excluding hydrogens is 320 g/mol. The highest BCUT2D eigenvalue weighted by atomic mass is 16.3. The predicted molar refractivity (Wildman–Crippen MR) is 105 cm³/mol. The van der Waals surface area contributed by atoms with E-state index in [1.165, 1.54) is 22.4 Å². The van der Waals surface area contributed by atoms with Crippen LogP contribution >= 0.6 is 0 Å². The normalized spacial score (nSPS) is 11.4. The monoisotopic (exact) mass is 341 g/mol. The standard InChI is InChI=1S/C23H21N2O/c1-14(2)17-11-16(24-4)12-22-23(17)19-13-18(15(3)10-21(19)26-22)20-8-6-7-9-25(20)5/h6-14H,1-3,5H3/q+1. The molecular formula is C23H21N2O+. The number of rotatable bonds is 2. The van der Waals surface area contributed by atoms with Gasteiger partial charge in [-0.3, -0.25) is 0 Å². The third-order valence-electron chi connectivity index (χ3n) is 5.02. The molecule has 0 N–H and O–H groups in total. The van der Waals surface area contributed by atoms with Crippen LogP contribution in [-0.2, 0) is 7.05 Å². The smallest absolute Gasteiger partial charge is 0.212 e. The Balaban J connectivity index is 2.11. The minimum atomic E-state index is 0.317. The second kappa shape index (κ2) is 6.00. The summed E-state index contributed by atoms with van der Waals surface area (Å²) >= 11 is 0. The summed E-state index contributed by atoms with van der Waals surface area (Å²) in [6, 6.07) is 14.4. The van der Waals surface area contributed by atoms with E-state index in [4.69, 9.17) is 11.0 Å². The van der Waals surface area contributed by atoms with Gasteiger partial charge in [0.15, 0.2) is 11.9 Å². The van der Waals surface area contributed by atoms with Crippen molar-refractivity contribution in [3.8, 4) is 11.3 Å². The Morgan fingerprint density at radius 2 is 1.88 bits per heavy atom. The topological polar surface area (TPSA) is 21.4 Å². The highest BCUT2D eigenvalue weighted by Gasteiger charge is 2.19. The maximum atomic E-state index is 7.38. The Morgan fingerprint density at radius 3 is 2.58 bits per heavy atom. The molecule has 0 bridgehead atoms. The Bertz CT molecular complexity index is 1190. The first-order valence-corrected chi connectivity index (χ1v) is 8.83. The second-order valence-electron chi connectivity index (χ2n) is 7.14. The van der Waals surface area contributed by atoms with Crippen LogP contribution in [0.4, 0.5) is 5.69 Å². The van der Waals surface area contributed by atoms with Gasteiger partial charge in [-0.1, -0.05) is 19.9 Å². The average molecular weight is 341 g/mol. The van der Waals surface area contributed by atoms with Crippen molar-refractivity contribution in [2.75, 3.05) is 0 Å². The van der Waals surface area contributed by atoms with Gasteiger partial charge in [0, 0.05) is 28.5 Å². The molecule has 2 heterocycles. The molecule has 2 aromatic heterocycles. The predicted octanol–water partition coefficient (Wildman–Crippen LogP) is 6.06. The SMILES string of the molecule is [C-]#[N+]c1cc(C(C)C)c2c(c1)oc1cc(C)c(-c3cccc[n+]3C)cc12. The average Bonchev–Trinajstić information content (AvgIpc) is 2.97. The van der Waals surface area contributed by atoms with Gasteiger partial charge >= 0.3 is 0 Å². The maximum Gasteiger partial charge on any atom is 0.212 e. The first-order valence-electron chi connectivity index (χ1n) is 8.83. The van der Waals surface area contributed by atoms with Crippen LogP contribution in [0.5, 0.6) is 0 Å². The van der Waals surface area contributed by atoms with Gasteiger partial charge < -0.3 is 4.42 Å². The number of hydrogen-bond acceptors (Lipinski definition) is 1. The maximum absolute atomic E-state index is 7.38. The van der Waals surface area contributed by atoms with Crippen molar-refractivity contribution in [2.24, 2.45) is 7.05 Å². The number of aromatic nitrogens is 1. The van der Waals surface area contributed by atoms with Crippen LogP contribution in [-0.4, -0.2) is 0 Å². The highest BCUT2D eigenvalue weighted by Crippen LogP contribution is 2.39. The lowest BCUT2D eigenvalue weighted by atomic mass is 9.94. The van der Waals surface area contributed by atoms with Gasteiger partial charge in [0.05, 0.1) is 6.57 Å². The molecule has 0 unspecified atom stereocenters. The Hall–Kier alpha value is -3.12. The lowest BCUT2D eigenvalue weighted by Crippen LogP contribution is -2.30. The number of furan rings is 1. The van der Waals surface area contributed by atoms with E-state index in [-0.39, 0.29) is 0 Å². The van der Waals surface area contributed by atoms with Crippen LogP contribution in [0.3, 0.4) is 0 Å². The van der Waals surface area contributed by atoms with Crippen LogP contribution in [0.1, 0.15) is 30.9 Å². The van der Waals surface area contributed by atoms with Crippen LogP contribution in [0.2, 0.25) is 0 Å². The Kier molecular flexibility index (Phi) is 3.77. The third kappa shape index (κ3) is 2.46. The molecule has 0 spiro atoms. The van der Waals surface area contributed by atoms with Gasteiger partial charge in [0.25, 0.3) is 0 Å². The molecule has 4 aromatic rings. The fraction of sp³-hybridized carbons (Fsp3) is 0.217. The number of benzene rings is 2. The molecule has 0 aliphatic carbocycles. The van der Waals surface area contributed by atoms with Crippen LogP contribution < -0.4 is 4.57 Å². The first-order chi connectivity index (χ1) is 12.5. The molecule has 0 aliphatic rings. The zero-order chi connectivity index (χ0) is 18.4. The molecule has 4 rings (SSSR count). The first kappa shape index (κ1) is 16.4. The van der Waals surface area contributed by atoms with Crippen LogP contribution in [0, 0.1) is 13.5 Å². The summed E-state index contributed by atoms with van der Waals surface area (Å²) in [4.78, 5) is 3.61. The van der Waals surface area contributed by atoms with E-state index in [9.17, 15) is 0 Å². The summed E-state index contributed by atoms with van der Waals surface area (Å²) in [6.07, 6.45) is 2.06. The zero-order valence-electron chi connectivity index (χ0n) is 15.5. The quantitative estimate of drug-likeness (QED) is 0.321. The van der Waals surface area contributed by atoms with Crippen molar-refractivity contribution >= 4 is 27.6 Å². The van der Waals surface area contributed by atoms with E-state index in [0.717, 1.165) is 21.9 Å². The summed E-state index contributed by atoms with van der Waals surface area (Å²) in [6.45, 7) is 13.8. The van der Waals surface area contributed by atoms with Gasteiger partial charge in [0.2, 0.25) is 5.69 Å². The molecule has 2 aromatic carbocycles. The van der Waals surface area contributed by atoms with Gasteiger partial charge in [0.1, 0.15) is 18.2 Å². The van der Waals surface area contributed by atoms with Crippen molar-refractivity contribution in [3.63, 3.8) is 0 Å². The van der Waals surface area contributed by atoms with Gasteiger partial charge in [-0.2, -0.15) is 0 Å². The van der Waals surface area contributed by atoms with Crippen LogP contribution in [0.15, 0.2) is 53.1 Å². The molecule has 0 saturated carbocycles. The molecule has 26 heavy (non-hydrogen) atoms. The van der Waals surface area contributed by atoms with Crippen molar-refractivity contribution in [1.82, 2.24) is 0 Å². The number of pyridine rings is 1. The Morgan fingerprint density at radius 1 is 1.08 bits per heavy atom. The molecule has 0 fully saturated rings. The second-order valence-corrected chi connectivity index (χ2v) is 7.14. The fourth-order valence-corrected chi connectivity index (χ4v) is 3.67. The molecule has 0 atom stereocenters. The number of aryl methyl sites for hydroxylation is 2. The van der Waals surface area contributed by atoms with Crippen molar-refractivity contribution in [2.45, 2.75) is 26.7 Å². The lowest BCUT2D eigenvalue weighted by molar-refractivity contribution is -0.660. The minimum absolute atomic E-state index is 0.317. The van der Waals surface area contributed by atoms with Gasteiger partial charge in [-0.05, 0) is 48.2 Å². The number of nitrogens with zero attached hydrogens (tertiary/aromatic N) is 2. The zero-order valence-corrected chi connectivity index (χ0v) is 15.5. The van der Waals surface area contributed by atoms with E-state index < -0.39 is 0 Å². The van der Waals surface area contributed by atoms with Crippen molar-refractivity contribution in [1.29, 1.82) is 0 Å². The molecule has 0 saturated heterocycles. The Labute approximate surface area is 153 Å². The molecule has 0 aliphatic heterocycles. The van der Waals surface area contributed by atoms with E-state index in [0.29, 0.717) is 11.6 Å². The number of fused-ring (bicyclic) bond motifs is 3. The third-order valence-corrected chi connectivity index (χ3v) is 5.02. The van der Waals surface area contributed by atoms with E-state index in [1.807, 2.05) is 18.2 Å². The lowest BCUT2D eigenvalue weighted by Gasteiger charge is -2.09. The summed E-state index contributed by atoms with van der Waals surface area (Å²) in [5, 5.41) is 2.24. The van der Waals surface area contributed by atoms with Gasteiger partial charge in [-0.15, -0.1) is 0 Å². The minimum Gasteiger partial charge on any atom is -0.457 e. The van der Waals surface area contributed by atoms with Crippen molar-refractivity contribution < 1.29 is 8.98 Å². The largest absolute Gasteiger partial charge is 0.457 e. The molecule has 3 heteroatoms. The molecule has 128 valence electrons. The van der Waals surface area contributed by atoms with E-state index in [1.54, 1.807) is 0 Å². The summed E-state index contributed by atoms with van der Waals surface area (Å²) in [5.74, 6) is 0.317. The fourth-order valence-electron chi connectivity index (χ4n) is 3.67. The summed E-state index contributed by atoms with van der Waals surface area (Å²) < 4.78 is 8.27. The van der Waals surface area contributed by atoms with Crippen LogP contribution in [0.25, 0.3) is 38.0 Å². The van der Waals surface area contributed by atoms with E-state index in [2.05, 4.69) is 67.7 Å². The van der Waals surface area contributed by atoms with E-state index >= 15 is 0 Å². The molecule has 3 nitrogen and oxygen atoms in total. The van der Waals surface area contributed by atoms with Crippen molar-refractivity contribution in [3.05, 3.63) is 71.2 Å². The summed E-state index contributed by atoms with van der Waals surface area (Å²) in [5.41, 5.74) is 7.02. The summed E-state index contributed by atoms with van der Waals surface area (Å²) in [7, 11) is 2.06. The molecule has 0 amide bonds. The number of hydrogen-bond donors (Lipinski definition) is 0.